The molecule has 1 aromatic rings. The van der Waals surface area contributed by atoms with E-state index in [-0.39, 0.29) is 12.4 Å². The molecule has 1 saturated carbocycles. The second-order valence-corrected chi connectivity index (χ2v) is 4.64. The number of benzene rings is 1. The van der Waals surface area contributed by atoms with Crippen LogP contribution in [0.3, 0.4) is 0 Å². The molecule has 0 heterocycles. The fourth-order valence-corrected chi connectivity index (χ4v) is 2.29. The molecule has 1 N–H and O–H groups in total. The molecular formula is C14H16O4. The van der Waals surface area contributed by atoms with Gasteiger partial charge in [0.15, 0.2) is 5.78 Å². The Kier molecular flexibility index (Phi) is 3.77. The van der Waals surface area contributed by atoms with Crippen LogP contribution in [0.1, 0.15) is 24.8 Å². The highest BCUT2D eigenvalue weighted by molar-refractivity contribution is 6.04. The highest BCUT2D eigenvalue weighted by Gasteiger charge is 2.49. The lowest BCUT2D eigenvalue weighted by Gasteiger charge is -2.21. The van der Waals surface area contributed by atoms with Crippen molar-refractivity contribution in [3.63, 3.8) is 0 Å². The summed E-state index contributed by atoms with van der Waals surface area (Å²) in [6, 6.07) is 9.51. The second-order valence-electron chi connectivity index (χ2n) is 4.64. The third kappa shape index (κ3) is 2.43. The topological polar surface area (TPSA) is 63.6 Å². The van der Waals surface area contributed by atoms with Crippen LogP contribution in [0, 0.1) is 5.41 Å². The smallest absolute Gasteiger partial charge is 0.319 e. The van der Waals surface area contributed by atoms with Gasteiger partial charge in [0.05, 0.1) is 13.2 Å². The van der Waals surface area contributed by atoms with E-state index in [0.29, 0.717) is 25.9 Å². The maximum Gasteiger partial charge on any atom is 0.319 e. The van der Waals surface area contributed by atoms with Crippen molar-refractivity contribution in [2.75, 3.05) is 6.61 Å². The van der Waals surface area contributed by atoms with Gasteiger partial charge in [-0.15, -0.1) is 0 Å². The molecule has 1 aliphatic rings. The van der Waals surface area contributed by atoms with Crippen LogP contribution in [0.15, 0.2) is 30.3 Å². The van der Waals surface area contributed by atoms with Crippen molar-refractivity contribution in [3.8, 4) is 0 Å². The molecular weight excluding hydrogens is 232 g/mol. The first-order valence-electron chi connectivity index (χ1n) is 6.03. The van der Waals surface area contributed by atoms with E-state index in [9.17, 15) is 14.7 Å². The molecule has 1 fully saturated rings. The van der Waals surface area contributed by atoms with E-state index in [1.807, 2.05) is 30.3 Å². The third-order valence-electron chi connectivity index (χ3n) is 3.41. The van der Waals surface area contributed by atoms with E-state index < -0.39 is 11.4 Å². The van der Waals surface area contributed by atoms with E-state index in [1.165, 1.54) is 0 Å². The first-order chi connectivity index (χ1) is 8.65. The third-order valence-corrected chi connectivity index (χ3v) is 3.41. The van der Waals surface area contributed by atoms with E-state index in [2.05, 4.69) is 0 Å². The molecule has 1 aliphatic carbocycles. The molecule has 0 spiro atoms. The quantitative estimate of drug-likeness (QED) is 0.810. The minimum Gasteiger partial charge on any atom is -0.480 e. The predicted molar refractivity (Wildman–Crippen MR) is 65.0 cm³/mol. The van der Waals surface area contributed by atoms with Gasteiger partial charge in [0.1, 0.15) is 5.41 Å². The Labute approximate surface area is 106 Å². The number of hydrogen-bond donors (Lipinski definition) is 1. The number of ketones is 1. The number of carbonyl (C=O) groups excluding carboxylic acids is 1. The first kappa shape index (κ1) is 12.8. The van der Waals surface area contributed by atoms with Crippen molar-refractivity contribution in [2.45, 2.75) is 25.9 Å². The Morgan fingerprint density at radius 3 is 2.61 bits per heavy atom. The van der Waals surface area contributed by atoms with Gasteiger partial charge in [-0.2, -0.15) is 0 Å². The lowest BCUT2D eigenvalue weighted by atomic mass is 9.86. The zero-order chi connectivity index (χ0) is 13.0. The summed E-state index contributed by atoms with van der Waals surface area (Å²) in [4.78, 5) is 23.0. The van der Waals surface area contributed by atoms with Gasteiger partial charge in [0.25, 0.3) is 0 Å². The molecule has 0 aliphatic heterocycles. The molecule has 0 aromatic heterocycles. The second kappa shape index (κ2) is 5.31. The van der Waals surface area contributed by atoms with Crippen LogP contribution >= 0.6 is 0 Å². The lowest BCUT2D eigenvalue weighted by Crippen LogP contribution is -2.39. The first-order valence-corrected chi connectivity index (χ1v) is 6.03. The summed E-state index contributed by atoms with van der Waals surface area (Å²) in [5.74, 6) is -1.26. The van der Waals surface area contributed by atoms with E-state index in [0.717, 1.165) is 5.56 Å². The van der Waals surface area contributed by atoms with Gasteiger partial charge in [0.2, 0.25) is 0 Å². The van der Waals surface area contributed by atoms with Crippen LogP contribution in [0.2, 0.25) is 0 Å². The van der Waals surface area contributed by atoms with Gasteiger partial charge in [-0.25, -0.2) is 0 Å². The highest BCUT2D eigenvalue weighted by atomic mass is 16.5. The molecule has 0 saturated heterocycles. The van der Waals surface area contributed by atoms with Crippen LogP contribution < -0.4 is 0 Å². The van der Waals surface area contributed by atoms with E-state index in [4.69, 9.17) is 4.74 Å². The van der Waals surface area contributed by atoms with Crippen molar-refractivity contribution in [1.29, 1.82) is 0 Å². The molecule has 1 atom stereocenters. The number of Topliss-reactive ketones (excluding diaryl/α,β-unsaturated/α-hetero) is 1. The number of ether oxygens (including phenoxy) is 1. The maximum atomic E-state index is 11.7. The summed E-state index contributed by atoms with van der Waals surface area (Å²) >= 11 is 0. The molecule has 4 heteroatoms. The normalized spacial score (nSPS) is 23.2. The summed E-state index contributed by atoms with van der Waals surface area (Å²) < 4.78 is 5.44. The average Bonchev–Trinajstić information content (AvgIpc) is 2.73. The Balaban J connectivity index is 1.95. The zero-order valence-electron chi connectivity index (χ0n) is 10.1. The number of carboxylic acids is 1. The van der Waals surface area contributed by atoms with Crippen LogP contribution in [0.25, 0.3) is 0 Å². The lowest BCUT2D eigenvalue weighted by molar-refractivity contribution is -0.157. The fraction of sp³-hybridized carbons (Fsp3) is 0.429. The van der Waals surface area contributed by atoms with Crippen molar-refractivity contribution in [2.24, 2.45) is 5.41 Å². The summed E-state index contributed by atoms with van der Waals surface area (Å²) in [6.07, 6.45) is 1.37. The van der Waals surface area contributed by atoms with Crippen LogP contribution in [0.5, 0.6) is 0 Å². The monoisotopic (exact) mass is 248 g/mol. The predicted octanol–water partition coefficient (Wildman–Crippen LogP) is 2.03. The maximum absolute atomic E-state index is 11.7. The molecule has 0 radical (unpaired) electrons. The van der Waals surface area contributed by atoms with Crippen LogP contribution in [-0.4, -0.2) is 23.5 Å². The van der Waals surface area contributed by atoms with Gasteiger partial charge in [-0.3, -0.25) is 9.59 Å². The van der Waals surface area contributed by atoms with Gasteiger partial charge in [-0.1, -0.05) is 30.3 Å². The molecule has 18 heavy (non-hydrogen) atoms. The SMILES string of the molecule is O=C(O)C1(COCc2ccccc2)CCCC1=O. The molecule has 1 aromatic carbocycles. The minimum atomic E-state index is -1.31. The summed E-state index contributed by atoms with van der Waals surface area (Å²) in [7, 11) is 0. The zero-order valence-corrected chi connectivity index (χ0v) is 10.1. The van der Waals surface area contributed by atoms with Gasteiger partial charge >= 0.3 is 5.97 Å². The summed E-state index contributed by atoms with van der Waals surface area (Å²) in [6.45, 7) is 0.305. The fourth-order valence-electron chi connectivity index (χ4n) is 2.29. The number of aliphatic carboxylic acids is 1. The molecule has 4 nitrogen and oxygen atoms in total. The van der Waals surface area contributed by atoms with Crippen molar-refractivity contribution >= 4 is 11.8 Å². The Morgan fingerprint density at radius 2 is 2.06 bits per heavy atom. The van der Waals surface area contributed by atoms with E-state index >= 15 is 0 Å². The molecule has 2 rings (SSSR count). The van der Waals surface area contributed by atoms with E-state index in [1.54, 1.807) is 0 Å². The van der Waals surface area contributed by atoms with Crippen LogP contribution in [0.4, 0.5) is 0 Å². The standard InChI is InChI=1S/C14H16O4/c15-12-7-4-8-14(12,13(16)17)10-18-9-11-5-2-1-3-6-11/h1-3,5-6H,4,7-10H2,(H,16,17). The Morgan fingerprint density at radius 1 is 1.33 bits per heavy atom. The highest BCUT2D eigenvalue weighted by Crippen LogP contribution is 2.35. The van der Waals surface area contributed by atoms with Crippen molar-refractivity contribution in [3.05, 3.63) is 35.9 Å². The number of rotatable bonds is 5. The largest absolute Gasteiger partial charge is 0.480 e. The minimum absolute atomic E-state index is 0.0317. The molecule has 0 amide bonds. The average molecular weight is 248 g/mol. The molecule has 1 unspecified atom stereocenters. The van der Waals surface area contributed by atoms with Crippen molar-refractivity contribution < 1.29 is 19.4 Å². The number of hydrogen-bond acceptors (Lipinski definition) is 3. The molecule has 96 valence electrons. The number of carboxylic acid groups (broad SMARTS) is 1. The van der Waals surface area contributed by atoms with Gasteiger partial charge in [-0.05, 0) is 18.4 Å². The summed E-state index contributed by atoms with van der Waals surface area (Å²) in [5.41, 5.74) is -0.335. The van der Waals surface area contributed by atoms with Crippen LogP contribution in [-0.2, 0) is 20.9 Å². The summed E-state index contributed by atoms with van der Waals surface area (Å²) in [5, 5.41) is 9.23. The Bertz CT molecular complexity index is 440. The Hall–Kier alpha value is -1.68. The van der Waals surface area contributed by atoms with Gasteiger partial charge < -0.3 is 9.84 Å². The number of carbonyl (C=O) groups is 2. The molecule has 0 bridgehead atoms. The van der Waals surface area contributed by atoms with Crippen molar-refractivity contribution in [1.82, 2.24) is 0 Å². The van der Waals surface area contributed by atoms with Gasteiger partial charge in [0, 0.05) is 6.42 Å².